The monoisotopic (exact) mass is 315 g/mol. The van der Waals surface area contributed by atoms with Gasteiger partial charge in [0.25, 0.3) is 0 Å². The summed E-state index contributed by atoms with van der Waals surface area (Å²) < 4.78 is 0. The molecule has 0 bridgehead atoms. The van der Waals surface area contributed by atoms with Crippen molar-refractivity contribution in [3.05, 3.63) is 46.5 Å². The zero-order valence-corrected chi connectivity index (χ0v) is 13.5. The zero-order chi connectivity index (χ0) is 15.5. The van der Waals surface area contributed by atoms with Gasteiger partial charge in [0, 0.05) is 10.9 Å². The van der Waals surface area contributed by atoms with Gasteiger partial charge in [0.2, 0.25) is 5.91 Å². The molecule has 2 aromatic rings. The zero-order valence-electron chi connectivity index (χ0n) is 12.7. The molecular formula is C17H21N3OS. The molecule has 0 fully saturated rings. The molecule has 1 unspecified atom stereocenters. The van der Waals surface area contributed by atoms with Crippen molar-refractivity contribution < 1.29 is 4.79 Å². The number of nitrogens with two attached hydrogens (primary N) is 1. The number of benzene rings is 1. The van der Waals surface area contributed by atoms with Gasteiger partial charge in [-0.2, -0.15) is 0 Å². The van der Waals surface area contributed by atoms with Gasteiger partial charge in [0.05, 0.1) is 11.6 Å². The number of rotatable bonds is 4. The summed E-state index contributed by atoms with van der Waals surface area (Å²) in [6.45, 7) is 2.03. The van der Waals surface area contributed by atoms with E-state index in [9.17, 15) is 4.79 Å². The second kappa shape index (κ2) is 6.58. The van der Waals surface area contributed by atoms with Crippen LogP contribution in [0, 0.1) is 0 Å². The number of nitrogens with one attached hydrogen (secondary N) is 1. The van der Waals surface area contributed by atoms with Gasteiger partial charge in [0.1, 0.15) is 0 Å². The van der Waals surface area contributed by atoms with Gasteiger partial charge in [-0.15, -0.1) is 11.3 Å². The molecular weight excluding hydrogens is 294 g/mol. The van der Waals surface area contributed by atoms with Gasteiger partial charge in [0.15, 0.2) is 5.13 Å². The smallest absolute Gasteiger partial charge is 0.233 e. The first-order valence-electron chi connectivity index (χ1n) is 7.77. The molecule has 3 N–H and O–H groups in total. The number of fused-ring (bicyclic) bond motifs is 1. The fraction of sp³-hybridized carbons (Fsp3) is 0.412. The number of carbonyl (C=O) groups is 1. The second-order valence-corrected chi connectivity index (χ2v) is 6.84. The van der Waals surface area contributed by atoms with Crippen molar-refractivity contribution in [3.63, 3.8) is 0 Å². The average Bonchev–Trinajstić information content (AvgIpc) is 2.90. The lowest BCUT2D eigenvalue weighted by molar-refractivity contribution is -0.117. The third-order valence-corrected chi connectivity index (χ3v) is 5.17. The minimum absolute atomic E-state index is 0.0177. The predicted octanol–water partition coefficient (Wildman–Crippen LogP) is 3.09. The number of aryl methyl sites for hydroxylation is 1. The SMILES string of the molecule is CCC(C(=O)Nc1nc2c(s1)C[C@@H](N)CC2)c1ccccc1. The van der Waals surface area contributed by atoms with Gasteiger partial charge in [-0.1, -0.05) is 37.3 Å². The summed E-state index contributed by atoms with van der Waals surface area (Å²) in [5.74, 6) is -0.117. The number of hydrogen-bond donors (Lipinski definition) is 2. The number of thiazole rings is 1. The van der Waals surface area contributed by atoms with Crippen molar-refractivity contribution >= 4 is 22.4 Å². The molecule has 0 aliphatic heterocycles. The highest BCUT2D eigenvalue weighted by Crippen LogP contribution is 2.30. The van der Waals surface area contributed by atoms with Gasteiger partial charge >= 0.3 is 0 Å². The van der Waals surface area contributed by atoms with E-state index in [0.717, 1.165) is 36.9 Å². The van der Waals surface area contributed by atoms with Crippen LogP contribution in [0.25, 0.3) is 0 Å². The lowest BCUT2D eigenvalue weighted by atomic mass is 9.96. The predicted molar refractivity (Wildman–Crippen MR) is 90.2 cm³/mol. The molecule has 1 aromatic carbocycles. The van der Waals surface area contributed by atoms with Crippen molar-refractivity contribution in [2.75, 3.05) is 5.32 Å². The van der Waals surface area contributed by atoms with Crippen LogP contribution in [-0.4, -0.2) is 16.9 Å². The van der Waals surface area contributed by atoms with Crippen molar-refractivity contribution in [2.24, 2.45) is 5.73 Å². The molecule has 3 rings (SSSR count). The van der Waals surface area contributed by atoms with Crippen LogP contribution >= 0.6 is 11.3 Å². The van der Waals surface area contributed by atoms with Crippen LogP contribution in [0.4, 0.5) is 5.13 Å². The van der Waals surface area contributed by atoms with E-state index in [1.165, 1.54) is 4.88 Å². The molecule has 22 heavy (non-hydrogen) atoms. The van der Waals surface area contributed by atoms with Gasteiger partial charge in [-0.3, -0.25) is 4.79 Å². The first-order chi connectivity index (χ1) is 10.7. The Bertz CT molecular complexity index is 653. The van der Waals surface area contributed by atoms with Gasteiger partial charge in [-0.25, -0.2) is 4.98 Å². The maximum atomic E-state index is 12.6. The standard InChI is InChI=1S/C17H21N3OS/c1-2-13(11-6-4-3-5-7-11)16(21)20-17-19-14-9-8-12(18)10-15(14)22-17/h3-7,12-13H,2,8-10,18H2,1H3,(H,19,20,21)/t12-,13?/m0/s1. The van der Waals surface area contributed by atoms with Crippen molar-refractivity contribution in [1.82, 2.24) is 4.98 Å². The number of aromatic nitrogens is 1. The van der Waals surface area contributed by atoms with Crippen LogP contribution < -0.4 is 11.1 Å². The summed E-state index contributed by atoms with van der Waals surface area (Å²) in [5, 5.41) is 3.70. The fourth-order valence-corrected chi connectivity index (χ4v) is 4.01. The summed E-state index contributed by atoms with van der Waals surface area (Å²) in [6, 6.07) is 10.1. The van der Waals surface area contributed by atoms with Gasteiger partial charge in [-0.05, 0) is 31.2 Å². The number of carbonyl (C=O) groups excluding carboxylic acids is 1. The van der Waals surface area contributed by atoms with Crippen molar-refractivity contribution in [1.29, 1.82) is 0 Å². The molecule has 5 heteroatoms. The molecule has 0 saturated carbocycles. The molecule has 116 valence electrons. The Labute approximate surface area is 134 Å². The fourth-order valence-electron chi connectivity index (χ4n) is 2.90. The molecule has 0 spiro atoms. The van der Waals surface area contributed by atoms with E-state index < -0.39 is 0 Å². The Kier molecular flexibility index (Phi) is 4.55. The molecule has 1 aliphatic rings. The first-order valence-corrected chi connectivity index (χ1v) is 8.59. The first kappa shape index (κ1) is 15.2. The Morgan fingerprint density at radius 1 is 1.45 bits per heavy atom. The Balaban J connectivity index is 1.74. The summed E-state index contributed by atoms with van der Waals surface area (Å²) >= 11 is 1.57. The van der Waals surface area contributed by atoms with Crippen molar-refractivity contribution in [2.45, 2.75) is 44.6 Å². The minimum Gasteiger partial charge on any atom is -0.327 e. The largest absolute Gasteiger partial charge is 0.327 e. The highest BCUT2D eigenvalue weighted by atomic mass is 32.1. The molecule has 1 aromatic heterocycles. The Morgan fingerprint density at radius 3 is 2.95 bits per heavy atom. The average molecular weight is 315 g/mol. The number of anilines is 1. The van der Waals surface area contributed by atoms with Gasteiger partial charge < -0.3 is 11.1 Å². The Morgan fingerprint density at radius 2 is 2.23 bits per heavy atom. The third-order valence-electron chi connectivity index (χ3n) is 4.13. The molecule has 4 nitrogen and oxygen atoms in total. The summed E-state index contributed by atoms with van der Waals surface area (Å²) in [6.07, 6.45) is 3.54. The van der Waals surface area contributed by atoms with E-state index in [1.807, 2.05) is 37.3 Å². The number of nitrogens with zero attached hydrogens (tertiary/aromatic N) is 1. The van der Waals surface area contributed by atoms with E-state index in [0.29, 0.717) is 5.13 Å². The lowest BCUT2D eigenvalue weighted by Crippen LogP contribution is -2.27. The molecule has 1 aliphatic carbocycles. The van der Waals surface area contributed by atoms with Crippen LogP contribution in [0.5, 0.6) is 0 Å². The molecule has 0 saturated heterocycles. The van der Waals surface area contributed by atoms with E-state index in [1.54, 1.807) is 11.3 Å². The van der Waals surface area contributed by atoms with E-state index in [2.05, 4.69) is 10.3 Å². The minimum atomic E-state index is -0.135. The molecule has 1 amide bonds. The third kappa shape index (κ3) is 3.20. The van der Waals surface area contributed by atoms with Crippen LogP contribution in [0.2, 0.25) is 0 Å². The van der Waals surface area contributed by atoms with E-state index in [-0.39, 0.29) is 17.9 Å². The molecule has 1 heterocycles. The van der Waals surface area contributed by atoms with Crippen LogP contribution in [0.15, 0.2) is 30.3 Å². The molecule has 0 radical (unpaired) electrons. The Hall–Kier alpha value is -1.72. The van der Waals surface area contributed by atoms with Crippen LogP contribution in [-0.2, 0) is 17.6 Å². The number of hydrogen-bond acceptors (Lipinski definition) is 4. The van der Waals surface area contributed by atoms with Crippen LogP contribution in [0.1, 0.15) is 41.8 Å². The number of amides is 1. The summed E-state index contributed by atoms with van der Waals surface area (Å²) in [4.78, 5) is 18.3. The highest BCUT2D eigenvalue weighted by Gasteiger charge is 2.23. The normalized spacial score (nSPS) is 18.5. The summed E-state index contributed by atoms with van der Waals surface area (Å²) in [7, 11) is 0. The quantitative estimate of drug-likeness (QED) is 0.911. The van der Waals surface area contributed by atoms with Crippen LogP contribution in [0.3, 0.4) is 0 Å². The molecule has 2 atom stereocenters. The summed E-state index contributed by atoms with van der Waals surface area (Å²) in [5.41, 5.74) is 8.15. The maximum Gasteiger partial charge on any atom is 0.233 e. The highest BCUT2D eigenvalue weighted by molar-refractivity contribution is 7.15. The van der Waals surface area contributed by atoms with E-state index >= 15 is 0 Å². The maximum absolute atomic E-state index is 12.6. The second-order valence-electron chi connectivity index (χ2n) is 5.75. The lowest BCUT2D eigenvalue weighted by Gasteiger charge is -2.15. The van der Waals surface area contributed by atoms with E-state index in [4.69, 9.17) is 5.73 Å². The van der Waals surface area contributed by atoms with Crippen molar-refractivity contribution in [3.8, 4) is 0 Å². The topological polar surface area (TPSA) is 68.0 Å².